The molecule has 14 heavy (non-hydrogen) atoms. The van der Waals surface area contributed by atoms with E-state index in [0.29, 0.717) is 0 Å². The third-order valence-corrected chi connectivity index (χ3v) is 2.77. The highest BCUT2D eigenvalue weighted by molar-refractivity contribution is 5.78. The molecule has 1 atom stereocenters. The number of aliphatic carboxylic acids is 1. The molecular weight excluding hydrogens is 178 g/mol. The first-order chi connectivity index (χ1) is 6.52. The number of hydrogen-bond donors (Lipinski definition) is 1. The van der Waals surface area contributed by atoms with Crippen LogP contribution in [-0.4, -0.2) is 34.6 Å². The van der Waals surface area contributed by atoms with E-state index in [2.05, 4.69) is 11.8 Å². The molecule has 0 amide bonds. The van der Waals surface area contributed by atoms with Crippen LogP contribution in [0.3, 0.4) is 0 Å². The minimum atomic E-state index is -0.699. The van der Waals surface area contributed by atoms with Gasteiger partial charge in [0, 0.05) is 0 Å². The van der Waals surface area contributed by atoms with Gasteiger partial charge in [0.15, 0.2) is 0 Å². The highest BCUT2D eigenvalue weighted by atomic mass is 16.4. The minimum absolute atomic E-state index is 0.681. The van der Waals surface area contributed by atoms with Crippen LogP contribution >= 0.6 is 0 Å². The van der Waals surface area contributed by atoms with Crippen molar-refractivity contribution in [1.29, 1.82) is 0 Å². The minimum Gasteiger partial charge on any atom is -0.480 e. The average molecular weight is 201 g/mol. The van der Waals surface area contributed by atoms with Crippen molar-refractivity contribution in [2.75, 3.05) is 13.1 Å². The normalized spacial score (nSPS) is 15.5. The van der Waals surface area contributed by atoms with E-state index in [-0.39, 0.29) is 0 Å². The third kappa shape index (κ3) is 2.98. The molecule has 0 rings (SSSR count). The fourth-order valence-corrected chi connectivity index (χ4v) is 1.91. The summed E-state index contributed by atoms with van der Waals surface area (Å²) in [5, 5.41) is 9.25. The first-order valence-corrected chi connectivity index (χ1v) is 5.51. The molecule has 0 aromatic carbocycles. The van der Waals surface area contributed by atoms with Crippen LogP contribution in [0.1, 0.15) is 47.0 Å². The van der Waals surface area contributed by atoms with Crippen LogP contribution in [0.2, 0.25) is 0 Å². The fraction of sp³-hybridized carbons (Fsp3) is 0.909. The van der Waals surface area contributed by atoms with Crippen molar-refractivity contribution in [3.05, 3.63) is 0 Å². The number of likely N-dealkylation sites (N-methyl/N-ethyl adjacent to an activating group) is 1. The molecule has 0 aliphatic carbocycles. The Hall–Kier alpha value is -0.570. The second-order valence-corrected chi connectivity index (χ2v) is 3.91. The Morgan fingerprint density at radius 2 is 1.86 bits per heavy atom. The largest absolute Gasteiger partial charge is 0.480 e. The van der Waals surface area contributed by atoms with Crippen molar-refractivity contribution >= 4 is 5.97 Å². The third-order valence-electron chi connectivity index (χ3n) is 2.77. The Balaban J connectivity index is 4.66. The summed E-state index contributed by atoms with van der Waals surface area (Å²) in [6, 6.07) is 0. The summed E-state index contributed by atoms with van der Waals surface area (Å²) >= 11 is 0. The summed E-state index contributed by atoms with van der Waals surface area (Å²) in [6.07, 6.45) is 2.62. The standard InChI is InChI=1S/C11H23NO2/c1-5-8-11(4,10(13)14)12(7-3)9-6-2/h5-9H2,1-4H3,(H,13,14). The zero-order chi connectivity index (χ0) is 11.2. The molecule has 0 saturated carbocycles. The molecule has 3 heteroatoms. The summed E-state index contributed by atoms with van der Waals surface area (Å²) in [4.78, 5) is 13.3. The van der Waals surface area contributed by atoms with Gasteiger partial charge in [-0.25, -0.2) is 0 Å². The zero-order valence-electron chi connectivity index (χ0n) is 9.84. The van der Waals surface area contributed by atoms with Crippen molar-refractivity contribution in [3.8, 4) is 0 Å². The smallest absolute Gasteiger partial charge is 0.323 e. The second kappa shape index (κ2) is 6.02. The Morgan fingerprint density at radius 3 is 2.14 bits per heavy atom. The Bertz CT molecular complexity index is 182. The van der Waals surface area contributed by atoms with Crippen LogP contribution in [0.25, 0.3) is 0 Å². The average Bonchev–Trinajstić information content (AvgIpc) is 2.14. The van der Waals surface area contributed by atoms with Crippen LogP contribution in [0.4, 0.5) is 0 Å². The van der Waals surface area contributed by atoms with Gasteiger partial charge in [0.2, 0.25) is 0 Å². The van der Waals surface area contributed by atoms with E-state index >= 15 is 0 Å². The topological polar surface area (TPSA) is 40.5 Å². The summed E-state index contributed by atoms with van der Waals surface area (Å²) < 4.78 is 0. The quantitative estimate of drug-likeness (QED) is 0.687. The summed E-state index contributed by atoms with van der Waals surface area (Å²) in [5.41, 5.74) is -0.681. The molecule has 0 aromatic rings. The van der Waals surface area contributed by atoms with Gasteiger partial charge in [-0.1, -0.05) is 27.2 Å². The summed E-state index contributed by atoms with van der Waals surface area (Å²) in [5.74, 6) is -0.699. The van der Waals surface area contributed by atoms with Crippen LogP contribution < -0.4 is 0 Å². The SMILES string of the molecule is CCCN(CC)C(C)(CCC)C(=O)O. The molecule has 1 N–H and O–H groups in total. The molecule has 0 radical (unpaired) electrons. The van der Waals surface area contributed by atoms with Gasteiger partial charge in [0.1, 0.15) is 5.54 Å². The molecule has 0 spiro atoms. The van der Waals surface area contributed by atoms with Gasteiger partial charge in [-0.05, 0) is 32.9 Å². The molecule has 0 aliphatic heterocycles. The maximum absolute atomic E-state index is 11.2. The lowest BCUT2D eigenvalue weighted by Gasteiger charge is -2.37. The predicted molar refractivity (Wildman–Crippen MR) is 58.5 cm³/mol. The fourth-order valence-electron chi connectivity index (χ4n) is 1.91. The molecule has 0 bridgehead atoms. The van der Waals surface area contributed by atoms with Crippen LogP contribution in [0, 0.1) is 0 Å². The lowest BCUT2D eigenvalue weighted by atomic mass is 9.93. The predicted octanol–water partition coefficient (Wildman–Crippen LogP) is 2.36. The molecule has 0 aromatic heterocycles. The highest BCUT2D eigenvalue weighted by Crippen LogP contribution is 2.21. The van der Waals surface area contributed by atoms with Crippen LogP contribution in [0.15, 0.2) is 0 Å². The number of carboxylic acids is 1. The van der Waals surface area contributed by atoms with Crippen molar-refractivity contribution < 1.29 is 9.90 Å². The van der Waals surface area contributed by atoms with E-state index in [1.807, 2.05) is 20.8 Å². The van der Waals surface area contributed by atoms with E-state index in [4.69, 9.17) is 0 Å². The van der Waals surface area contributed by atoms with Crippen molar-refractivity contribution in [2.24, 2.45) is 0 Å². The number of nitrogens with zero attached hydrogens (tertiary/aromatic N) is 1. The second-order valence-electron chi connectivity index (χ2n) is 3.91. The number of carboxylic acid groups (broad SMARTS) is 1. The molecule has 1 unspecified atom stereocenters. The van der Waals surface area contributed by atoms with Gasteiger partial charge in [-0.15, -0.1) is 0 Å². The Labute approximate surface area is 87.1 Å². The van der Waals surface area contributed by atoms with E-state index in [9.17, 15) is 9.90 Å². The van der Waals surface area contributed by atoms with Crippen LogP contribution in [0.5, 0.6) is 0 Å². The van der Waals surface area contributed by atoms with Crippen molar-refractivity contribution in [3.63, 3.8) is 0 Å². The van der Waals surface area contributed by atoms with Gasteiger partial charge in [-0.3, -0.25) is 9.69 Å². The number of hydrogen-bond acceptors (Lipinski definition) is 2. The van der Waals surface area contributed by atoms with Gasteiger partial charge >= 0.3 is 5.97 Å². The van der Waals surface area contributed by atoms with Crippen molar-refractivity contribution in [2.45, 2.75) is 52.5 Å². The lowest BCUT2D eigenvalue weighted by Crippen LogP contribution is -2.52. The monoisotopic (exact) mass is 201 g/mol. The van der Waals surface area contributed by atoms with E-state index in [1.165, 1.54) is 0 Å². The molecule has 0 heterocycles. The van der Waals surface area contributed by atoms with E-state index < -0.39 is 11.5 Å². The Morgan fingerprint density at radius 1 is 1.29 bits per heavy atom. The Kier molecular flexibility index (Phi) is 5.77. The maximum Gasteiger partial charge on any atom is 0.323 e. The molecule has 0 fully saturated rings. The molecule has 0 saturated heterocycles. The van der Waals surface area contributed by atoms with E-state index in [0.717, 1.165) is 32.4 Å². The number of rotatable bonds is 7. The van der Waals surface area contributed by atoms with E-state index in [1.54, 1.807) is 0 Å². The summed E-state index contributed by atoms with van der Waals surface area (Å²) in [6.45, 7) is 9.62. The van der Waals surface area contributed by atoms with Gasteiger partial charge in [0.05, 0.1) is 0 Å². The highest BCUT2D eigenvalue weighted by Gasteiger charge is 2.37. The molecule has 84 valence electrons. The maximum atomic E-state index is 11.2. The summed E-state index contributed by atoms with van der Waals surface area (Å²) in [7, 11) is 0. The lowest BCUT2D eigenvalue weighted by molar-refractivity contribution is -0.151. The first kappa shape index (κ1) is 13.4. The number of carbonyl (C=O) groups is 1. The first-order valence-electron chi connectivity index (χ1n) is 5.51. The molecule has 0 aliphatic rings. The van der Waals surface area contributed by atoms with Crippen LogP contribution in [-0.2, 0) is 4.79 Å². The zero-order valence-corrected chi connectivity index (χ0v) is 9.84. The van der Waals surface area contributed by atoms with Gasteiger partial charge < -0.3 is 5.11 Å². The van der Waals surface area contributed by atoms with Gasteiger partial charge in [0.25, 0.3) is 0 Å². The molecular formula is C11H23NO2. The molecule has 3 nitrogen and oxygen atoms in total. The van der Waals surface area contributed by atoms with Crippen molar-refractivity contribution in [1.82, 2.24) is 4.90 Å². The van der Waals surface area contributed by atoms with Gasteiger partial charge in [-0.2, -0.15) is 0 Å².